The molecule has 100 valence electrons. The molecule has 0 aliphatic carbocycles. The Morgan fingerprint density at radius 1 is 1.44 bits per heavy atom. The van der Waals surface area contributed by atoms with Crippen LogP contribution in [0.5, 0.6) is 0 Å². The molecule has 1 atom stereocenters. The molecule has 18 heavy (non-hydrogen) atoms. The van der Waals surface area contributed by atoms with Crippen molar-refractivity contribution in [3.05, 3.63) is 34.3 Å². The highest BCUT2D eigenvalue weighted by atomic mass is 79.9. The van der Waals surface area contributed by atoms with E-state index in [0.717, 1.165) is 10.0 Å². The van der Waals surface area contributed by atoms with Crippen LogP contribution in [0.25, 0.3) is 0 Å². The van der Waals surface area contributed by atoms with Crippen LogP contribution in [0.15, 0.2) is 28.7 Å². The van der Waals surface area contributed by atoms with Gasteiger partial charge in [0.25, 0.3) is 0 Å². The van der Waals surface area contributed by atoms with E-state index in [1.807, 2.05) is 31.2 Å². The normalized spacial score (nSPS) is 11.9. The maximum absolute atomic E-state index is 11.5. The van der Waals surface area contributed by atoms with E-state index in [9.17, 15) is 9.90 Å². The Labute approximate surface area is 116 Å². The molecular formula is C13H19BrN2O2. The van der Waals surface area contributed by atoms with Gasteiger partial charge in [0, 0.05) is 17.6 Å². The molecule has 0 heterocycles. The van der Waals surface area contributed by atoms with E-state index in [2.05, 4.69) is 26.6 Å². The second kappa shape index (κ2) is 8.11. The van der Waals surface area contributed by atoms with E-state index in [0.29, 0.717) is 25.9 Å². The molecule has 1 aromatic carbocycles. The quantitative estimate of drug-likeness (QED) is 0.755. The number of hydrogen-bond donors (Lipinski definition) is 3. The number of rotatable bonds is 6. The van der Waals surface area contributed by atoms with Crippen LogP contribution in [0.4, 0.5) is 4.79 Å². The van der Waals surface area contributed by atoms with Crippen LogP contribution in [-0.2, 0) is 6.54 Å². The predicted octanol–water partition coefficient (Wildman–Crippen LogP) is 2.41. The fraction of sp³-hybridized carbons (Fsp3) is 0.462. The lowest BCUT2D eigenvalue weighted by Crippen LogP contribution is -2.36. The van der Waals surface area contributed by atoms with Gasteiger partial charge in [0.05, 0.1) is 6.10 Å². The molecule has 0 bridgehead atoms. The van der Waals surface area contributed by atoms with Crippen molar-refractivity contribution < 1.29 is 9.90 Å². The van der Waals surface area contributed by atoms with Gasteiger partial charge in [-0.1, -0.05) is 35.0 Å². The highest BCUT2D eigenvalue weighted by Gasteiger charge is 2.03. The zero-order valence-electron chi connectivity index (χ0n) is 10.4. The van der Waals surface area contributed by atoms with Crippen molar-refractivity contribution in [3.63, 3.8) is 0 Å². The minimum absolute atomic E-state index is 0.210. The van der Waals surface area contributed by atoms with Gasteiger partial charge in [-0.05, 0) is 30.5 Å². The fourth-order valence-electron chi connectivity index (χ4n) is 1.45. The van der Waals surface area contributed by atoms with Crippen LogP contribution >= 0.6 is 15.9 Å². The standard InChI is InChI=1S/C13H19BrN2O2/c1-2-12(17)6-7-15-13(18)16-9-10-4-3-5-11(14)8-10/h3-5,8,12,17H,2,6-7,9H2,1H3,(H2,15,16,18). The first-order chi connectivity index (χ1) is 8.61. The van der Waals surface area contributed by atoms with Gasteiger partial charge in [-0.2, -0.15) is 0 Å². The Morgan fingerprint density at radius 2 is 2.22 bits per heavy atom. The zero-order valence-corrected chi connectivity index (χ0v) is 12.0. The molecule has 0 aliphatic heterocycles. The lowest BCUT2D eigenvalue weighted by atomic mass is 10.2. The number of urea groups is 1. The van der Waals surface area contributed by atoms with E-state index in [4.69, 9.17) is 0 Å². The molecular weight excluding hydrogens is 296 g/mol. The first-order valence-corrected chi connectivity index (χ1v) is 6.85. The van der Waals surface area contributed by atoms with Gasteiger partial charge in [-0.25, -0.2) is 4.79 Å². The Morgan fingerprint density at radius 3 is 2.89 bits per heavy atom. The van der Waals surface area contributed by atoms with Crippen LogP contribution in [-0.4, -0.2) is 23.8 Å². The van der Waals surface area contributed by atoms with Gasteiger partial charge < -0.3 is 15.7 Å². The van der Waals surface area contributed by atoms with Gasteiger partial charge in [0.1, 0.15) is 0 Å². The summed E-state index contributed by atoms with van der Waals surface area (Å²) < 4.78 is 0.994. The molecule has 1 unspecified atom stereocenters. The first kappa shape index (κ1) is 15.0. The summed E-state index contributed by atoms with van der Waals surface area (Å²) >= 11 is 3.38. The number of amides is 2. The number of nitrogens with one attached hydrogen (secondary N) is 2. The molecule has 4 nitrogen and oxygen atoms in total. The summed E-state index contributed by atoms with van der Waals surface area (Å²) in [6, 6.07) is 7.57. The number of aliphatic hydroxyl groups is 1. The Balaban J connectivity index is 2.21. The second-order valence-corrected chi connectivity index (χ2v) is 5.01. The molecule has 0 saturated carbocycles. The number of carbonyl (C=O) groups is 1. The maximum Gasteiger partial charge on any atom is 0.315 e. The monoisotopic (exact) mass is 314 g/mol. The van der Waals surface area contributed by atoms with Crippen LogP contribution in [0.1, 0.15) is 25.3 Å². The average Bonchev–Trinajstić information content (AvgIpc) is 2.36. The Hall–Kier alpha value is -1.07. The van der Waals surface area contributed by atoms with E-state index >= 15 is 0 Å². The highest BCUT2D eigenvalue weighted by Crippen LogP contribution is 2.11. The van der Waals surface area contributed by atoms with Crippen molar-refractivity contribution in [1.29, 1.82) is 0 Å². The maximum atomic E-state index is 11.5. The molecule has 0 aliphatic rings. The third-order valence-corrected chi connectivity index (χ3v) is 3.07. The first-order valence-electron chi connectivity index (χ1n) is 6.06. The molecule has 0 spiro atoms. The molecule has 1 rings (SSSR count). The summed E-state index contributed by atoms with van der Waals surface area (Å²) in [4.78, 5) is 11.5. The lowest BCUT2D eigenvalue weighted by molar-refractivity contribution is 0.160. The third kappa shape index (κ3) is 6.02. The molecule has 1 aromatic rings. The van der Waals surface area contributed by atoms with Gasteiger partial charge >= 0.3 is 6.03 Å². The van der Waals surface area contributed by atoms with Gasteiger partial charge in [-0.3, -0.25) is 0 Å². The van der Waals surface area contributed by atoms with Gasteiger partial charge in [0.2, 0.25) is 0 Å². The van der Waals surface area contributed by atoms with Crippen LogP contribution in [0, 0.1) is 0 Å². The number of carbonyl (C=O) groups excluding carboxylic acids is 1. The largest absolute Gasteiger partial charge is 0.393 e. The summed E-state index contributed by atoms with van der Waals surface area (Å²) in [7, 11) is 0. The molecule has 0 aromatic heterocycles. The zero-order chi connectivity index (χ0) is 13.4. The van der Waals surface area contributed by atoms with Crippen LogP contribution in [0.3, 0.4) is 0 Å². The Bertz CT molecular complexity index is 385. The number of aliphatic hydroxyl groups excluding tert-OH is 1. The lowest BCUT2D eigenvalue weighted by Gasteiger charge is -2.10. The van der Waals surface area contributed by atoms with Crippen molar-refractivity contribution >= 4 is 22.0 Å². The smallest absolute Gasteiger partial charge is 0.315 e. The van der Waals surface area contributed by atoms with Crippen molar-refractivity contribution in [2.45, 2.75) is 32.4 Å². The third-order valence-electron chi connectivity index (χ3n) is 2.58. The van der Waals surface area contributed by atoms with E-state index in [1.54, 1.807) is 0 Å². The predicted molar refractivity (Wildman–Crippen MR) is 75.3 cm³/mol. The van der Waals surface area contributed by atoms with E-state index in [-0.39, 0.29) is 12.1 Å². The van der Waals surface area contributed by atoms with Crippen molar-refractivity contribution in [2.24, 2.45) is 0 Å². The average molecular weight is 315 g/mol. The Kier molecular flexibility index (Phi) is 6.75. The SMILES string of the molecule is CCC(O)CCNC(=O)NCc1cccc(Br)c1. The van der Waals surface area contributed by atoms with Crippen LogP contribution in [0.2, 0.25) is 0 Å². The minimum Gasteiger partial charge on any atom is -0.393 e. The minimum atomic E-state index is -0.338. The van der Waals surface area contributed by atoms with Crippen molar-refractivity contribution in [1.82, 2.24) is 10.6 Å². The van der Waals surface area contributed by atoms with Crippen molar-refractivity contribution in [2.75, 3.05) is 6.54 Å². The number of halogens is 1. The molecule has 0 radical (unpaired) electrons. The summed E-state index contributed by atoms with van der Waals surface area (Å²) in [5, 5.41) is 14.8. The topological polar surface area (TPSA) is 61.4 Å². The molecule has 3 N–H and O–H groups in total. The van der Waals surface area contributed by atoms with Crippen molar-refractivity contribution in [3.8, 4) is 0 Å². The summed E-state index contributed by atoms with van der Waals surface area (Å²) in [5.74, 6) is 0. The van der Waals surface area contributed by atoms with Gasteiger partial charge in [-0.15, -0.1) is 0 Å². The summed E-state index contributed by atoms with van der Waals surface area (Å²) in [6.07, 6.45) is 0.956. The fourth-order valence-corrected chi connectivity index (χ4v) is 1.89. The van der Waals surface area contributed by atoms with E-state index in [1.165, 1.54) is 0 Å². The molecule has 5 heteroatoms. The molecule has 2 amide bonds. The second-order valence-electron chi connectivity index (χ2n) is 4.09. The van der Waals surface area contributed by atoms with Gasteiger partial charge in [0.15, 0.2) is 0 Å². The number of hydrogen-bond acceptors (Lipinski definition) is 2. The van der Waals surface area contributed by atoms with Crippen LogP contribution < -0.4 is 10.6 Å². The summed E-state index contributed by atoms with van der Waals surface area (Å²) in [6.45, 7) is 2.89. The molecule has 0 saturated heterocycles. The summed E-state index contributed by atoms with van der Waals surface area (Å²) in [5.41, 5.74) is 1.04. The number of benzene rings is 1. The van der Waals surface area contributed by atoms with E-state index < -0.39 is 0 Å². The molecule has 0 fully saturated rings. The highest BCUT2D eigenvalue weighted by molar-refractivity contribution is 9.10.